The molecule has 0 radical (unpaired) electrons. The summed E-state index contributed by atoms with van der Waals surface area (Å²) < 4.78 is 10.2. The van der Waals surface area contributed by atoms with Gasteiger partial charge in [-0.25, -0.2) is 4.79 Å². The molecule has 0 bridgehead atoms. The second-order valence-corrected chi connectivity index (χ2v) is 5.71. The molecular weight excluding hydrogens is 344 g/mol. The van der Waals surface area contributed by atoms with Crippen LogP contribution in [0.25, 0.3) is 6.08 Å². The van der Waals surface area contributed by atoms with E-state index in [4.69, 9.17) is 14.7 Å². The van der Waals surface area contributed by atoms with Crippen LogP contribution in [0.2, 0.25) is 0 Å². The Kier molecular flexibility index (Phi) is 7.15. The smallest absolute Gasteiger partial charge is 0.328 e. The Morgan fingerprint density at radius 2 is 1.89 bits per heavy atom. The van der Waals surface area contributed by atoms with E-state index in [-0.39, 0.29) is 6.61 Å². The Balaban J connectivity index is 1.84. The Morgan fingerprint density at radius 3 is 2.56 bits per heavy atom. The molecule has 6 nitrogen and oxygen atoms in total. The fraction of sp³-hybridized carbons (Fsp3) is 0.190. The quantitative estimate of drug-likeness (QED) is 0.603. The van der Waals surface area contributed by atoms with Crippen LogP contribution in [0.3, 0.4) is 0 Å². The normalized spacial score (nSPS) is 11.4. The number of esters is 1. The molecule has 1 N–H and O–H groups in total. The maximum atomic E-state index is 12.0. The summed E-state index contributed by atoms with van der Waals surface area (Å²) in [6.45, 7) is 1.52. The summed E-state index contributed by atoms with van der Waals surface area (Å²) in [5.41, 5.74) is 1.89. The average Bonchev–Trinajstić information content (AvgIpc) is 2.70. The lowest BCUT2D eigenvalue weighted by Crippen LogP contribution is -2.38. The number of ether oxygens (including phenoxy) is 2. The largest absolute Gasteiger partial charge is 0.497 e. The van der Waals surface area contributed by atoms with Crippen molar-refractivity contribution in [2.45, 2.75) is 19.6 Å². The average molecular weight is 364 g/mol. The predicted octanol–water partition coefficient (Wildman–Crippen LogP) is 2.83. The van der Waals surface area contributed by atoms with Gasteiger partial charge in [0, 0.05) is 11.6 Å². The second kappa shape index (κ2) is 9.78. The number of carbonyl (C=O) groups is 2. The molecule has 27 heavy (non-hydrogen) atoms. The van der Waals surface area contributed by atoms with Gasteiger partial charge in [-0.15, -0.1) is 0 Å². The molecule has 6 heteroatoms. The zero-order valence-electron chi connectivity index (χ0n) is 15.1. The first-order valence-electron chi connectivity index (χ1n) is 8.30. The van der Waals surface area contributed by atoms with Crippen molar-refractivity contribution < 1.29 is 19.1 Å². The van der Waals surface area contributed by atoms with Crippen LogP contribution in [0.4, 0.5) is 0 Å². The van der Waals surface area contributed by atoms with E-state index >= 15 is 0 Å². The highest BCUT2D eigenvalue weighted by Crippen LogP contribution is 2.12. The van der Waals surface area contributed by atoms with E-state index in [9.17, 15) is 9.59 Å². The predicted molar refractivity (Wildman–Crippen MR) is 101 cm³/mol. The van der Waals surface area contributed by atoms with Crippen molar-refractivity contribution >= 4 is 18.0 Å². The number of hydrogen-bond donors (Lipinski definition) is 1. The van der Waals surface area contributed by atoms with Crippen molar-refractivity contribution in [3.8, 4) is 11.8 Å². The standard InChI is InChI=1S/C21H20N2O4/c1-15(21(25)27-14-18-6-4-3-5-17(18)13-22)23-20(24)12-9-16-7-10-19(26-2)11-8-16/h3-12,15H,14H2,1-2H3,(H,23,24)/b12-9+/t15-/m0/s1. The van der Waals surface area contributed by atoms with Crippen molar-refractivity contribution in [2.75, 3.05) is 7.11 Å². The van der Waals surface area contributed by atoms with E-state index in [0.29, 0.717) is 11.1 Å². The molecule has 0 aliphatic heterocycles. The Bertz CT molecular complexity index is 866. The molecule has 0 fully saturated rings. The van der Waals surface area contributed by atoms with Crippen LogP contribution < -0.4 is 10.1 Å². The van der Waals surface area contributed by atoms with Gasteiger partial charge in [0.25, 0.3) is 0 Å². The fourth-order valence-corrected chi connectivity index (χ4v) is 2.24. The molecule has 138 valence electrons. The van der Waals surface area contributed by atoms with Crippen molar-refractivity contribution in [3.63, 3.8) is 0 Å². The highest BCUT2D eigenvalue weighted by atomic mass is 16.5. The lowest BCUT2D eigenvalue weighted by molar-refractivity contribution is -0.148. The lowest BCUT2D eigenvalue weighted by Gasteiger charge is -2.12. The van der Waals surface area contributed by atoms with Crippen LogP contribution in [-0.2, 0) is 20.9 Å². The third-order valence-corrected chi connectivity index (χ3v) is 3.76. The number of nitriles is 1. The van der Waals surface area contributed by atoms with Crippen molar-refractivity contribution in [2.24, 2.45) is 0 Å². The van der Waals surface area contributed by atoms with E-state index in [0.717, 1.165) is 11.3 Å². The van der Waals surface area contributed by atoms with E-state index < -0.39 is 17.9 Å². The van der Waals surface area contributed by atoms with Crippen LogP contribution >= 0.6 is 0 Å². The number of amides is 1. The van der Waals surface area contributed by atoms with Gasteiger partial charge in [0.1, 0.15) is 18.4 Å². The van der Waals surface area contributed by atoms with Crippen LogP contribution in [0.15, 0.2) is 54.6 Å². The molecule has 0 aliphatic rings. The van der Waals surface area contributed by atoms with Gasteiger partial charge >= 0.3 is 5.97 Å². The maximum Gasteiger partial charge on any atom is 0.328 e. The van der Waals surface area contributed by atoms with Gasteiger partial charge in [-0.1, -0.05) is 30.3 Å². The Hall–Kier alpha value is -3.59. The first-order valence-corrected chi connectivity index (χ1v) is 8.30. The number of methoxy groups -OCH3 is 1. The van der Waals surface area contributed by atoms with Crippen molar-refractivity contribution in [1.29, 1.82) is 5.26 Å². The molecular formula is C21H20N2O4. The number of benzene rings is 2. The van der Waals surface area contributed by atoms with Gasteiger partial charge in [0.2, 0.25) is 5.91 Å². The topological polar surface area (TPSA) is 88.4 Å². The van der Waals surface area contributed by atoms with Gasteiger partial charge in [0.05, 0.1) is 18.7 Å². The molecule has 0 heterocycles. The molecule has 2 aromatic carbocycles. The van der Waals surface area contributed by atoms with Crippen LogP contribution in [0, 0.1) is 11.3 Å². The van der Waals surface area contributed by atoms with Crippen molar-refractivity contribution in [3.05, 3.63) is 71.3 Å². The molecule has 2 aromatic rings. The van der Waals surface area contributed by atoms with Crippen LogP contribution in [0.5, 0.6) is 5.75 Å². The fourth-order valence-electron chi connectivity index (χ4n) is 2.24. The highest BCUT2D eigenvalue weighted by molar-refractivity contribution is 5.94. The second-order valence-electron chi connectivity index (χ2n) is 5.71. The lowest BCUT2D eigenvalue weighted by atomic mass is 10.1. The van der Waals surface area contributed by atoms with E-state index in [1.807, 2.05) is 18.2 Å². The van der Waals surface area contributed by atoms with Gasteiger partial charge < -0.3 is 14.8 Å². The van der Waals surface area contributed by atoms with Gasteiger partial charge in [-0.05, 0) is 36.8 Å². The van der Waals surface area contributed by atoms with E-state index in [1.165, 1.54) is 13.0 Å². The first-order chi connectivity index (χ1) is 13.0. The summed E-state index contributed by atoms with van der Waals surface area (Å²) in [5, 5.41) is 11.6. The molecule has 1 amide bonds. The summed E-state index contributed by atoms with van der Waals surface area (Å²) in [6.07, 6.45) is 2.98. The number of nitrogens with zero attached hydrogens (tertiary/aromatic N) is 1. The molecule has 0 unspecified atom stereocenters. The number of hydrogen-bond acceptors (Lipinski definition) is 5. The maximum absolute atomic E-state index is 12.0. The first kappa shape index (κ1) is 19.7. The highest BCUT2D eigenvalue weighted by Gasteiger charge is 2.16. The molecule has 0 saturated heterocycles. The minimum atomic E-state index is -0.813. The monoisotopic (exact) mass is 364 g/mol. The van der Waals surface area contributed by atoms with Crippen LogP contribution in [0.1, 0.15) is 23.6 Å². The van der Waals surface area contributed by atoms with Gasteiger partial charge in [-0.3, -0.25) is 4.79 Å². The van der Waals surface area contributed by atoms with E-state index in [1.54, 1.807) is 49.6 Å². The molecule has 0 aliphatic carbocycles. The summed E-state index contributed by atoms with van der Waals surface area (Å²) in [6, 6.07) is 15.3. The Labute approximate surface area is 158 Å². The minimum absolute atomic E-state index is 0.0233. The van der Waals surface area contributed by atoms with E-state index in [2.05, 4.69) is 5.32 Å². The summed E-state index contributed by atoms with van der Waals surface area (Å²) in [4.78, 5) is 24.0. The number of nitrogens with one attached hydrogen (secondary N) is 1. The molecule has 0 spiro atoms. The SMILES string of the molecule is COc1ccc(/C=C/C(=O)N[C@@H](C)C(=O)OCc2ccccc2C#N)cc1. The minimum Gasteiger partial charge on any atom is -0.497 e. The summed E-state index contributed by atoms with van der Waals surface area (Å²) in [7, 11) is 1.58. The summed E-state index contributed by atoms with van der Waals surface area (Å²) in [5.74, 6) is -0.257. The number of rotatable bonds is 7. The third-order valence-electron chi connectivity index (χ3n) is 3.76. The summed E-state index contributed by atoms with van der Waals surface area (Å²) >= 11 is 0. The Morgan fingerprint density at radius 1 is 1.19 bits per heavy atom. The third kappa shape index (κ3) is 6.01. The zero-order valence-corrected chi connectivity index (χ0v) is 15.1. The number of carbonyl (C=O) groups excluding carboxylic acids is 2. The molecule has 0 saturated carbocycles. The van der Waals surface area contributed by atoms with Gasteiger partial charge in [0.15, 0.2) is 0 Å². The molecule has 2 rings (SSSR count). The van der Waals surface area contributed by atoms with Crippen molar-refractivity contribution in [1.82, 2.24) is 5.32 Å². The zero-order chi connectivity index (χ0) is 19.6. The molecule has 0 aromatic heterocycles. The van der Waals surface area contributed by atoms with Crippen LogP contribution in [-0.4, -0.2) is 25.0 Å². The molecule has 1 atom stereocenters. The van der Waals surface area contributed by atoms with Gasteiger partial charge in [-0.2, -0.15) is 5.26 Å².